The smallest absolute Gasteiger partial charge is 0.272 e. The van der Waals surface area contributed by atoms with E-state index in [1.807, 2.05) is 23.1 Å². The number of H-pyrrole nitrogens is 1. The van der Waals surface area contributed by atoms with Crippen LogP contribution in [-0.2, 0) is 24.2 Å². The monoisotopic (exact) mass is 380 g/mol. The largest absolute Gasteiger partial charge is 0.373 e. The fraction of sp³-hybridized carbons (Fsp3) is 0.450. The van der Waals surface area contributed by atoms with Crippen LogP contribution in [0, 0.1) is 0 Å². The van der Waals surface area contributed by atoms with Crippen molar-refractivity contribution < 1.29 is 9.59 Å². The van der Waals surface area contributed by atoms with Crippen LogP contribution in [0.4, 0.5) is 5.69 Å². The maximum Gasteiger partial charge on any atom is 0.272 e. The van der Waals surface area contributed by atoms with Crippen LogP contribution in [-0.4, -0.2) is 63.5 Å². The average Bonchev–Trinajstić information content (AvgIpc) is 3.43. The van der Waals surface area contributed by atoms with Crippen LogP contribution in [0.25, 0.3) is 0 Å². The topological polar surface area (TPSA) is 107 Å². The van der Waals surface area contributed by atoms with E-state index in [0.717, 1.165) is 23.4 Å². The van der Waals surface area contributed by atoms with E-state index in [1.54, 1.807) is 4.90 Å². The molecule has 1 aromatic heterocycles. The first-order valence-corrected chi connectivity index (χ1v) is 9.84. The second kappa shape index (κ2) is 6.63. The van der Waals surface area contributed by atoms with Gasteiger partial charge in [-0.05, 0) is 18.1 Å². The van der Waals surface area contributed by atoms with Gasteiger partial charge in [-0.1, -0.05) is 18.2 Å². The molecule has 2 amide bonds. The number of anilines is 1. The van der Waals surface area contributed by atoms with E-state index in [2.05, 4.69) is 21.6 Å². The molecule has 2 atom stereocenters. The zero-order valence-electron chi connectivity index (χ0n) is 15.6. The van der Waals surface area contributed by atoms with E-state index in [4.69, 9.17) is 5.73 Å². The summed E-state index contributed by atoms with van der Waals surface area (Å²) in [5.74, 6) is 0.00652. The molecule has 5 rings (SSSR count). The molecular weight excluding hydrogens is 356 g/mol. The fourth-order valence-electron chi connectivity index (χ4n) is 4.45. The van der Waals surface area contributed by atoms with Crippen LogP contribution >= 0.6 is 0 Å². The molecule has 4 heterocycles. The maximum atomic E-state index is 13.1. The number of nitrogens with two attached hydrogens (primary N) is 1. The number of nitrogens with one attached hydrogen (secondary N) is 2. The molecule has 0 radical (unpaired) electrons. The zero-order valence-corrected chi connectivity index (χ0v) is 15.6. The van der Waals surface area contributed by atoms with Gasteiger partial charge < -0.3 is 20.9 Å². The van der Waals surface area contributed by atoms with Crippen LogP contribution in [0.1, 0.15) is 33.7 Å². The number of hydrogen-bond donors (Lipinski definition) is 3. The van der Waals surface area contributed by atoms with Gasteiger partial charge in [-0.25, -0.2) is 0 Å². The van der Waals surface area contributed by atoms with Crippen molar-refractivity contribution in [2.45, 2.75) is 37.9 Å². The van der Waals surface area contributed by atoms with Crippen molar-refractivity contribution in [1.82, 2.24) is 20.0 Å². The number of fused-ring (bicyclic) bond motifs is 2. The summed E-state index contributed by atoms with van der Waals surface area (Å²) in [4.78, 5) is 29.6. The SMILES string of the molecule is N[C@H]1CCN(C(=O)c2[nH]nc3c2CN(C(=O)C2Cc4ccccc4N2)CC3)C1. The summed E-state index contributed by atoms with van der Waals surface area (Å²) >= 11 is 0. The van der Waals surface area contributed by atoms with Crippen LogP contribution in [0.2, 0.25) is 0 Å². The van der Waals surface area contributed by atoms with Gasteiger partial charge >= 0.3 is 0 Å². The fourth-order valence-corrected chi connectivity index (χ4v) is 4.45. The van der Waals surface area contributed by atoms with Gasteiger partial charge in [0.1, 0.15) is 11.7 Å². The second-order valence-corrected chi connectivity index (χ2v) is 7.89. The Morgan fingerprint density at radius 2 is 2.04 bits per heavy atom. The van der Waals surface area contributed by atoms with Gasteiger partial charge in [-0.15, -0.1) is 0 Å². The third kappa shape index (κ3) is 2.84. The minimum Gasteiger partial charge on any atom is -0.373 e. The number of rotatable bonds is 2. The summed E-state index contributed by atoms with van der Waals surface area (Å²) in [6, 6.07) is 7.81. The Morgan fingerprint density at radius 3 is 2.82 bits per heavy atom. The Kier molecular flexibility index (Phi) is 4.08. The Labute approximate surface area is 163 Å². The van der Waals surface area contributed by atoms with Gasteiger partial charge in [0.2, 0.25) is 5.91 Å². The molecule has 3 aliphatic heterocycles. The molecule has 1 unspecified atom stereocenters. The maximum absolute atomic E-state index is 13.1. The molecule has 4 N–H and O–H groups in total. The number of para-hydroxylation sites is 1. The Bertz CT molecular complexity index is 914. The Morgan fingerprint density at radius 1 is 1.18 bits per heavy atom. The third-order valence-corrected chi connectivity index (χ3v) is 6.03. The van der Waals surface area contributed by atoms with Gasteiger partial charge in [0.25, 0.3) is 5.91 Å². The third-order valence-electron chi connectivity index (χ3n) is 6.03. The summed E-state index contributed by atoms with van der Waals surface area (Å²) in [6.07, 6.45) is 2.17. The highest BCUT2D eigenvalue weighted by molar-refractivity contribution is 5.95. The number of nitrogens with zero attached hydrogens (tertiary/aromatic N) is 3. The summed E-state index contributed by atoms with van der Waals surface area (Å²) in [7, 11) is 0. The molecule has 0 spiro atoms. The van der Waals surface area contributed by atoms with Crippen molar-refractivity contribution in [3.8, 4) is 0 Å². The van der Waals surface area contributed by atoms with Gasteiger partial charge in [0.15, 0.2) is 0 Å². The van der Waals surface area contributed by atoms with Crippen LogP contribution in [0.5, 0.6) is 0 Å². The van der Waals surface area contributed by atoms with Gasteiger partial charge in [-0.2, -0.15) is 5.10 Å². The molecule has 0 saturated carbocycles. The average molecular weight is 380 g/mol. The number of hydrogen-bond acceptors (Lipinski definition) is 5. The van der Waals surface area contributed by atoms with E-state index in [-0.39, 0.29) is 23.9 Å². The molecular formula is C20H24N6O2. The molecule has 8 heteroatoms. The molecule has 1 aromatic carbocycles. The first-order valence-electron chi connectivity index (χ1n) is 9.84. The first kappa shape index (κ1) is 17.2. The van der Waals surface area contributed by atoms with Crippen molar-refractivity contribution in [3.05, 3.63) is 46.8 Å². The highest BCUT2D eigenvalue weighted by Crippen LogP contribution is 2.28. The van der Waals surface area contributed by atoms with E-state index in [1.165, 1.54) is 5.56 Å². The van der Waals surface area contributed by atoms with Crippen LogP contribution in [0.15, 0.2) is 24.3 Å². The van der Waals surface area contributed by atoms with Gasteiger partial charge in [0.05, 0.1) is 5.69 Å². The lowest BCUT2D eigenvalue weighted by molar-refractivity contribution is -0.132. The number of aromatic nitrogens is 2. The van der Waals surface area contributed by atoms with E-state index in [9.17, 15) is 9.59 Å². The van der Waals surface area contributed by atoms with Crippen LogP contribution < -0.4 is 11.1 Å². The van der Waals surface area contributed by atoms with Crippen molar-refractivity contribution in [2.24, 2.45) is 5.73 Å². The van der Waals surface area contributed by atoms with Gasteiger partial charge in [-0.3, -0.25) is 14.7 Å². The molecule has 1 fully saturated rings. The first-order chi connectivity index (χ1) is 13.6. The highest BCUT2D eigenvalue weighted by Gasteiger charge is 2.35. The van der Waals surface area contributed by atoms with Crippen LogP contribution in [0.3, 0.4) is 0 Å². The molecule has 0 bridgehead atoms. The molecule has 146 valence electrons. The number of likely N-dealkylation sites (tertiary alicyclic amines) is 1. The lowest BCUT2D eigenvalue weighted by Crippen LogP contribution is -2.44. The van der Waals surface area contributed by atoms with Crippen molar-refractivity contribution >= 4 is 17.5 Å². The minimum absolute atomic E-state index is 0.0378. The van der Waals surface area contributed by atoms with Crippen molar-refractivity contribution in [2.75, 3.05) is 25.0 Å². The molecule has 0 aliphatic carbocycles. The molecule has 1 saturated heterocycles. The summed E-state index contributed by atoms with van der Waals surface area (Å²) < 4.78 is 0. The van der Waals surface area contributed by atoms with E-state index >= 15 is 0 Å². The number of benzene rings is 1. The van der Waals surface area contributed by atoms with Gasteiger partial charge in [0, 0.05) is 56.3 Å². The highest BCUT2D eigenvalue weighted by atomic mass is 16.2. The minimum atomic E-state index is -0.249. The second-order valence-electron chi connectivity index (χ2n) is 7.89. The van der Waals surface area contributed by atoms with E-state index < -0.39 is 0 Å². The quantitative estimate of drug-likeness (QED) is 0.703. The summed E-state index contributed by atoms with van der Waals surface area (Å²) in [5, 5.41) is 10.6. The summed E-state index contributed by atoms with van der Waals surface area (Å²) in [5.41, 5.74) is 10.4. The van der Waals surface area contributed by atoms with Crippen molar-refractivity contribution in [3.63, 3.8) is 0 Å². The number of amides is 2. The normalized spacial score (nSPS) is 23.3. The lowest BCUT2D eigenvalue weighted by Gasteiger charge is -2.29. The predicted octanol–water partition coefficient (Wildman–Crippen LogP) is 0.504. The Hall–Kier alpha value is -2.87. The standard InChI is InChI=1S/C20H24N6O2/c21-13-5-7-25(10-13)20(28)18-14-11-26(8-6-16(14)23-24-18)19(27)17-9-12-3-1-2-4-15(12)22-17/h1-4,13,17,22H,5-11,21H2,(H,23,24)/t13-,17?/m0/s1. The number of carbonyl (C=O) groups excluding carboxylic acids is 2. The number of carbonyl (C=O) groups is 2. The van der Waals surface area contributed by atoms with Crippen molar-refractivity contribution in [1.29, 1.82) is 0 Å². The number of aromatic amines is 1. The molecule has 28 heavy (non-hydrogen) atoms. The molecule has 2 aromatic rings. The predicted molar refractivity (Wildman–Crippen MR) is 104 cm³/mol. The Balaban J connectivity index is 1.32. The molecule has 3 aliphatic rings. The van der Waals surface area contributed by atoms with E-state index in [0.29, 0.717) is 44.7 Å². The molecule has 8 nitrogen and oxygen atoms in total. The zero-order chi connectivity index (χ0) is 19.3. The lowest BCUT2D eigenvalue weighted by atomic mass is 10.0. The summed E-state index contributed by atoms with van der Waals surface area (Å²) in [6.45, 7) is 2.27.